The Bertz CT molecular complexity index is 411. The third-order valence-electron chi connectivity index (χ3n) is 3.50. The van der Waals surface area contributed by atoms with Gasteiger partial charge < -0.3 is 15.0 Å². The van der Waals surface area contributed by atoms with Crippen LogP contribution in [0.4, 0.5) is 0 Å². The fourth-order valence-electron chi connectivity index (χ4n) is 2.36. The number of piperazine rings is 1. The second-order valence-corrected chi connectivity index (χ2v) is 5.00. The van der Waals surface area contributed by atoms with Gasteiger partial charge in [-0.3, -0.25) is 9.78 Å². The zero-order chi connectivity index (χ0) is 14.2. The lowest BCUT2D eigenvalue weighted by Crippen LogP contribution is -2.49. The van der Waals surface area contributed by atoms with Crippen LogP contribution in [0.2, 0.25) is 0 Å². The van der Waals surface area contributed by atoms with E-state index in [2.05, 4.69) is 17.2 Å². The zero-order valence-corrected chi connectivity index (χ0v) is 12.0. The van der Waals surface area contributed by atoms with Gasteiger partial charge in [0, 0.05) is 38.6 Å². The number of rotatable bonds is 6. The average Bonchev–Trinajstić information content (AvgIpc) is 2.52. The summed E-state index contributed by atoms with van der Waals surface area (Å²) in [7, 11) is 0. The molecule has 1 aromatic rings. The number of carbonyl (C=O) groups is 1. The first kappa shape index (κ1) is 14.9. The molecule has 1 unspecified atom stereocenters. The predicted molar refractivity (Wildman–Crippen MR) is 77.3 cm³/mol. The summed E-state index contributed by atoms with van der Waals surface area (Å²) in [5, 5.41) is 3.33. The number of nitrogens with zero attached hydrogens (tertiary/aromatic N) is 2. The Morgan fingerprint density at radius 2 is 2.50 bits per heavy atom. The molecule has 110 valence electrons. The predicted octanol–water partition coefficient (Wildman–Crippen LogP) is 1.37. The summed E-state index contributed by atoms with van der Waals surface area (Å²) in [6.45, 7) is 5.27. The first-order valence-corrected chi connectivity index (χ1v) is 7.30. The maximum Gasteiger partial charge on any atom is 0.249 e. The van der Waals surface area contributed by atoms with Crippen LogP contribution in [-0.4, -0.2) is 48.6 Å². The molecule has 0 bridgehead atoms. The molecule has 0 aromatic carbocycles. The Labute approximate surface area is 120 Å². The smallest absolute Gasteiger partial charge is 0.249 e. The molecule has 0 saturated carbocycles. The van der Waals surface area contributed by atoms with Gasteiger partial charge >= 0.3 is 0 Å². The molecule has 1 atom stereocenters. The minimum absolute atomic E-state index is 0.0553. The second kappa shape index (κ2) is 7.97. The van der Waals surface area contributed by atoms with Gasteiger partial charge in [-0.25, -0.2) is 0 Å². The Morgan fingerprint density at radius 3 is 3.25 bits per heavy atom. The Morgan fingerprint density at radius 1 is 1.60 bits per heavy atom. The largest absolute Gasteiger partial charge is 0.372 e. The van der Waals surface area contributed by atoms with Crippen molar-refractivity contribution in [3.05, 3.63) is 30.1 Å². The monoisotopic (exact) mass is 277 g/mol. The molecule has 0 aliphatic carbocycles. The van der Waals surface area contributed by atoms with E-state index in [-0.39, 0.29) is 18.6 Å². The van der Waals surface area contributed by atoms with Crippen LogP contribution in [0.15, 0.2) is 24.5 Å². The van der Waals surface area contributed by atoms with Gasteiger partial charge in [0.25, 0.3) is 0 Å². The van der Waals surface area contributed by atoms with E-state index in [9.17, 15) is 4.79 Å². The van der Waals surface area contributed by atoms with Crippen LogP contribution >= 0.6 is 0 Å². The van der Waals surface area contributed by atoms with Crippen LogP contribution in [0.3, 0.4) is 0 Å². The molecule has 2 rings (SSSR count). The Hall–Kier alpha value is -1.46. The van der Waals surface area contributed by atoms with Gasteiger partial charge in [0.05, 0.1) is 6.04 Å². The highest BCUT2D eigenvalue weighted by Crippen LogP contribution is 2.21. The quantitative estimate of drug-likeness (QED) is 0.798. The van der Waals surface area contributed by atoms with Crippen molar-refractivity contribution in [2.75, 3.05) is 32.8 Å². The normalized spacial score (nSPS) is 19.1. The van der Waals surface area contributed by atoms with Gasteiger partial charge in [-0.05, 0) is 18.1 Å². The van der Waals surface area contributed by atoms with Crippen LogP contribution in [0, 0.1) is 0 Å². The van der Waals surface area contributed by atoms with E-state index in [1.165, 1.54) is 0 Å². The first-order valence-electron chi connectivity index (χ1n) is 7.30. The third kappa shape index (κ3) is 4.02. The topological polar surface area (TPSA) is 54.5 Å². The van der Waals surface area contributed by atoms with Gasteiger partial charge in [0.2, 0.25) is 5.91 Å². The third-order valence-corrected chi connectivity index (χ3v) is 3.50. The van der Waals surface area contributed by atoms with E-state index in [0.29, 0.717) is 6.61 Å². The molecule has 5 nitrogen and oxygen atoms in total. The number of aromatic nitrogens is 1. The van der Waals surface area contributed by atoms with E-state index in [1.54, 1.807) is 6.20 Å². The summed E-state index contributed by atoms with van der Waals surface area (Å²) in [5.41, 5.74) is 1.07. The molecule has 1 N–H and O–H groups in total. The first-order chi connectivity index (χ1) is 9.83. The van der Waals surface area contributed by atoms with Crippen molar-refractivity contribution in [2.45, 2.75) is 25.8 Å². The molecule has 2 heterocycles. The summed E-state index contributed by atoms with van der Waals surface area (Å²) in [4.78, 5) is 18.3. The van der Waals surface area contributed by atoms with E-state index >= 15 is 0 Å². The number of carbonyl (C=O) groups excluding carboxylic acids is 1. The van der Waals surface area contributed by atoms with Gasteiger partial charge in [0.15, 0.2) is 0 Å². The summed E-state index contributed by atoms with van der Waals surface area (Å²) in [6.07, 6.45) is 5.66. The summed E-state index contributed by atoms with van der Waals surface area (Å²) in [5.74, 6) is 0.0662. The summed E-state index contributed by atoms with van der Waals surface area (Å²) in [6, 6.07) is 3.98. The number of hydrogen-bond acceptors (Lipinski definition) is 4. The van der Waals surface area contributed by atoms with E-state index < -0.39 is 0 Å². The molecule has 20 heavy (non-hydrogen) atoms. The minimum atomic E-state index is 0.0553. The highest BCUT2D eigenvalue weighted by molar-refractivity contribution is 5.78. The number of pyridine rings is 1. The number of unbranched alkanes of at least 4 members (excludes halogenated alkanes) is 1. The van der Waals surface area contributed by atoms with Crippen molar-refractivity contribution in [1.29, 1.82) is 0 Å². The molecule has 5 heteroatoms. The molecule has 1 amide bonds. The highest BCUT2D eigenvalue weighted by Gasteiger charge is 2.27. The number of nitrogens with one attached hydrogen (secondary N) is 1. The Kier molecular flexibility index (Phi) is 5.95. The lowest BCUT2D eigenvalue weighted by molar-refractivity contribution is -0.139. The van der Waals surface area contributed by atoms with Crippen molar-refractivity contribution in [3.63, 3.8) is 0 Å². The van der Waals surface area contributed by atoms with Crippen molar-refractivity contribution < 1.29 is 9.53 Å². The molecule has 1 aliphatic rings. The van der Waals surface area contributed by atoms with Crippen LogP contribution in [-0.2, 0) is 9.53 Å². The van der Waals surface area contributed by atoms with Crippen molar-refractivity contribution in [3.8, 4) is 0 Å². The lowest BCUT2D eigenvalue weighted by atomic mass is 10.1. The molecule has 0 spiro atoms. The van der Waals surface area contributed by atoms with Gasteiger partial charge in [-0.1, -0.05) is 19.4 Å². The van der Waals surface area contributed by atoms with Crippen LogP contribution in [0.1, 0.15) is 31.4 Å². The standard InChI is InChI=1S/C15H23N3O2/c1-2-3-9-20-12-15(19)18-8-7-17-11-14(18)13-5-4-6-16-10-13/h4-6,10,14,17H,2-3,7-9,11-12H2,1H3. The minimum Gasteiger partial charge on any atom is -0.372 e. The molecule has 1 saturated heterocycles. The number of ether oxygens (including phenoxy) is 1. The SMILES string of the molecule is CCCCOCC(=O)N1CCNCC1c1cccnc1. The molecule has 0 radical (unpaired) electrons. The van der Waals surface area contributed by atoms with Gasteiger partial charge in [-0.15, -0.1) is 0 Å². The number of hydrogen-bond donors (Lipinski definition) is 1. The van der Waals surface area contributed by atoms with E-state index in [1.807, 2.05) is 23.2 Å². The lowest BCUT2D eigenvalue weighted by Gasteiger charge is -2.36. The maximum absolute atomic E-state index is 12.3. The molecular weight excluding hydrogens is 254 g/mol. The zero-order valence-electron chi connectivity index (χ0n) is 12.0. The molecule has 1 aliphatic heterocycles. The Balaban J connectivity index is 1.94. The molecular formula is C15H23N3O2. The average molecular weight is 277 g/mol. The van der Waals surface area contributed by atoms with E-state index in [4.69, 9.17) is 4.74 Å². The molecule has 1 aromatic heterocycles. The van der Waals surface area contributed by atoms with Crippen molar-refractivity contribution in [1.82, 2.24) is 15.2 Å². The number of amides is 1. The molecule has 1 fully saturated rings. The van der Waals surface area contributed by atoms with E-state index in [0.717, 1.165) is 38.0 Å². The van der Waals surface area contributed by atoms with Crippen molar-refractivity contribution >= 4 is 5.91 Å². The van der Waals surface area contributed by atoms with Crippen LogP contribution in [0.25, 0.3) is 0 Å². The fraction of sp³-hybridized carbons (Fsp3) is 0.600. The highest BCUT2D eigenvalue weighted by atomic mass is 16.5. The van der Waals surface area contributed by atoms with Crippen LogP contribution < -0.4 is 5.32 Å². The maximum atomic E-state index is 12.3. The second-order valence-electron chi connectivity index (χ2n) is 5.00. The van der Waals surface area contributed by atoms with Gasteiger partial charge in [-0.2, -0.15) is 0 Å². The van der Waals surface area contributed by atoms with Crippen LogP contribution in [0.5, 0.6) is 0 Å². The summed E-state index contributed by atoms with van der Waals surface area (Å²) >= 11 is 0. The summed E-state index contributed by atoms with van der Waals surface area (Å²) < 4.78 is 5.45. The van der Waals surface area contributed by atoms with Gasteiger partial charge in [0.1, 0.15) is 6.61 Å². The van der Waals surface area contributed by atoms with Crippen molar-refractivity contribution in [2.24, 2.45) is 0 Å². The fourth-order valence-corrected chi connectivity index (χ4v) is 2.36.